The highest BCUT2D eigenvalue weighted by Crippen LogP contribution is 2.29. The summed E-state index contributed by atoms with van der Waals surface area (Å²) in [4.78, 5) is 15.0. The number of halogens is 2. The zero-order chi connectivity index (χ0) is 16.3. The van der Waals surface area contributed by atoms with Crippen LogP contribution in [0.2, 0.25) is 0 Å². The third-order valence-electron chi connectivity index (χ3n) is 5.14. The van der Waals surface area contributed by atoms with E-state index in [4.69, 9.17) is 5.73 Å². The predicted octanol–water partition coefficient (Wildman–Crippen LogP) is 3.60. The Hall–Kier alpha value is -0.460. The lowest BCUT2D eigenvalue weighted by Crippen LogP contribution is -2.48. The fourth-order valence-corrected chi connectivity index (χ4v) is 4.45. The van der Waals surface area contributed by atoms with Gasteiger partial charge in [0.05, 0.1) is 5.54 Å². The Morgan fingerprint density at radius 2 is 1.88 bits per heavy atom. The lowest BCUT2D eigenvalue weighted by atomic mass is 9.97. The van der Waals surface area contributed by atoms with Gasteiger partial charge < -0.3 is 11.1 Å². The summed E-state index contributed by atoms with van der Waals surface area (Å²) in [5.41, 5.74) is 8.97. The minimum Gasteiger partial charge on any atom is -0.324 e. The first-order valence-electron chi connectivity index (χ1n) is 8.57. The molecule has 0 radical (unpaired) electrons. The van der Waals surface area contributed by atoms with Crippen molar-refractivity contribution in [1.29, 1.82) is 0 Å². The summed E-state index contributed by atoms with van der Waals surface area (Å²) in [5, 5.41) is 3.08. The van der Waals surface area contributed by atoms with Crippen LogP contribution in [0.1, 0.15) is 36.8 Å². The van der Waals surface area contributed by atoms with Gasteiger partial charge in [0.2, 0.25) is 5.91 Å². The van der Waals surface area contributed by atoms with Crippen LogP contribution >= 0.6 is 36.6 Å². The van der Waals surface area contributed by atoms with Crippen molar-refractivity contribution >= 4 is 48.2 Å². The van der Waals surface area contributed by atoms with Crippen molar-refractivity contribution in [2.75, 3.05) is 29.9 Å². The molecule has 1 aliphatic heterocycles. The normalized spacial score (nSPS) is 19.6. The zero-order valence-electron chi connectivity index (χ0n) is 14.8. The summed E-state index contributed by atoms with van der Waals surface area (Å²) in [5.74, 6) is 2.40. The van der Waals surface area contributed by atoms with Crippen LogP contribution in [-0.4, -0.2) is 40.9 Å². The highest BCUT2D eigenvalue weighted by atomic mass is 35.5. The van der Waals surface area contributed by atoms with Crippen molar-refractivity contribution in [2.24, 2.45) is 5.73 Å². The molecule has 25 heavy (non-hydrogen) atoms. The third kappa shape index (κ3) is 5.51. The topological polar surface area (TPSA) is 58.4 Å². The summed E-state index contributed by atoms with van der Waals surface area (Å²) >= 11 is 2.03. The molecule has 1 aromatic carbocycles. The molecule has 2 aliphatic rings. The number of hydrogen-bond acceptors (Lipinski definition) is 4. The standard InChI is InChI=1S/C18H27N3OS.2ClH/c1-14-15(13-21-9-11-23-12-10-21)5-4-6-16(14)20-17(22)18(19)7-2-3-8-18;;/h4-6H,2-3,7-13,19H2,1H3,(H,20,22);2*1H. The number of nitrogens with two attached hydrogens (primary N) is 1. The first-order chi connectivity index (χ1) is 11.1. The van der Waals surface area contributed by atoms with Crippen molar-refractivity contribution in [2.45, 2.75) is 44.7 Å². The molecule has 142 valence electrons. The van der Waals surface area contributed by atoms with Gasteiger partial charge in [-0.25, -0.2) is 0 Å². The van der Waals surface area contributed by atoms with E-state index in [-0.39, 0.29) is 30.7 Å². The first-order valence-corrected chi connectivity index (χ1v) is 9.73. The summed E-state index contributed by atoms with van der Waals surface area (Å²) in [7, 11) is 0. The van der Waals surface area contributed by atoms with Crippen LogP contribution in [0.5, 0.6) is 0 Å². The summed E-state index contributed by atoms with van der Waals surface area (Å²) in [6, 6.07) is 6.19. The highest BCUT2D eigenvalue weighted by Gasteiger charge is 2.37. The number of nitrogens with zero attached hydrogens (tertiary/aromatic N) is 1. The minimum atomic E-state index is -0.674. The largest absolute Gasteiger partial charge is 0.324 e. The van der Waals surface area contributed by atoms with Gasteiger partial charge in [-0.2, -0.15) is 11.8 Å². The second kappa shape index (κ2) is 10.0. The monoisotopic (exact) mass is 405 g/mol. The summed E-state index contributed by atoms with van der Waals surface area (Å²) < 4.78 is 0. The van der Waals surface area contributed by atoms with Crippen molar-refractivity contribution in [3.63, 3.8) is 0 Å². The van der Waals surface area contributed by atoms with Crippen molar-refractivity contribution < 1.29 is 4.79 Å². The molecule has 1 aromatic rings. The van der Waals surface area contributed by atoms with Crippen molar-refractivity contribution in [3.8, 4) is 0 Å². The molecule has 0 aromatic heterocycles. The van der Waals surface area contributed by atoms with Gasteiger partial charge in [0, 0.05) is 36.8 Å². The van der Waals surface area contributed by atoms with E-state index >= 15 is 0 Å². The fourth-order valence-electron chi connectivity index (χ4n) is 3.47. The number of hydrogen-bond donors (Lipinski definition) is 2. The van der Waals surface area contributed by atoms with Gasteiger partial charge in [0.1, 0.15) is 0 Å². The molecule has 1 heterocycles. The van der Waals surface area contributed by atoms with Crippen LogP contribution in [0, 0.1) is 6.92 Å². The Morgan fingerprint density at radius 3 is 2.52 bits per heavy atom. The van der Waals surface area contributed by atoms with Crippen molar-refractivity contribution in [1.82, 2.24) is 4.90 Å². The Kier molecular flexibility index (Phi) is 9.05. The van der Waals surface area contributed by atoms with Crippen LogP contribution in [-0.2, 0) is 11.3 Å². The summed E-state index contributed by atoms with van der Waals surface area (Å²) in [6.07, 6.45) is 3.69. The number of anilines is 1. The molecular formula is C18H29Cl2N3OS. The van der Waals surface area contributed by atoms with E-state index in [1.165, 1.54) is 22.6 Å². The van der Waals surface area contributed by atoms with Crippen molar-refractivity contribution in [3.05, 3.63) is 29.3 Å². The molecule has 3 N–H and O–H groups in total. The Labute approximate surface area is 167 Å². The van der Waals surface area contributed by atoms with Crippen LogP contribution in [0.25, 0.3) is 0 Å². The van der Waals surface area contributed by atoms with Crippen LogP contribution in [0.15, 0.2) is 18.2 Å². The van der Waals surface area contributed by atoms with E-state index in [1.54, 1.807) is 0 Å². The van der Waals surface area contributed by atoms with Crippen LogP contribution < -0.4 is 11.1 Å². The van der Waals surface area contributed by atoms with E-state index in [1.807, 2.05) is 23.9 Å². The van der Waals surface area contributed by atoms with Crippen LogP contribution in [0.3, 0.4) is 0 Å². The molecule has 0 unspecified atom stereocenters. The van der Waals surface area contributed by atoms with Gasteiger partial charge in [0.25, 0.3) is 0 Å². The molecule has 0 bridgehead atoms. The summed E-state index contributed by atoms with van der Waals surface area (Å²) in [6.45, 7) is 5.35. The maximum absolute atomic E-state index is 12.5. The highest BCUT2D eigenvalue weighted by molar-refractivity contribution is 7.99. The maximum atomic E-state index is 12.5. The Bertz CT molecular complexity index is 573. The molecule has 2 fully saturated rings. The average Bonchev–Trinajstić information content (AvgIpc) is 3.00. The average molecular weight is 406 g/mol. The van der Waals surface area contributed by atoms with E-state index in [9.17, 15) is 4.79 Å². The molecule has 3 rings (SSSR count). The SMILES string of the molecule is Cc1c(CN2CCSCC2)cccc1NC(=O)C1(N)CCCC1.Cl.Cl. The molecular weight excluding hydrogens is 377 g/mol. The molecule has 4 nitrogen and oxygen atoms in total. The zero-order valence-corrected chi connectivity index (χ0v) is 17.2. The number of thioether (sulfide) groups is 1. The third-order valence-corrected chi connectivity index (χ3v) is 6.08. The maximum Gasteiger partial charge on any atom is 0.244 e. The number of rotatable bonds is 4. The molecule has 0 spiro atoms. The fraction of sp³-hybridized carbons (Fsp3) is 0.611. The smallest absolute Gasteiger partial charge is 0.244 e. The van der Waals surface area contributed by atoms with Gasteiger partial charge in [-0.05, 0) is 37.0 Å². The quantitative estimate of drug-likeness (QED) is 0.802. The Morgan fingerprint density at radius 1 is 1.24 bits per heavy atom. The number of carbonyl (C=O) groups excluding carboxylic acids is 1. The first kappa shape index (κ1) is 22.6. The van der Waals surface area contributed by atoms with E-state index < -0.39 is 5.54 Å². The van der Waals surface area contributed by atoms with Gasteiger partial charge in [0.15, 0.2) is 0 Å². The second-order valence-electron chi connectivity index (χ2n) is 6.80. The van der Waals surface area contributed by atoms with E-state index in [0.717, 1.165) is 51.0 Å². The molecule has 1 amide bonds. The number of carbonyl (C=O) groups is 1. The molecule has 1 saturated heterocycles. The molecule has 0 atom stereocenters. The van der Waals surface area contributed by atoms with Gasteiger partial charge >= 0.3 is 0 Å². The van der Waals surface area contributed by atoms with Gasteiger partial charge in [-0.3, -0.25) is 9.69 Å². The second-order valence-corrected chi connectivity index (χ2v) is 8.02. The number of benzene rings is 1. The van der Waals surface area contributed by atoms with Gasteiger partial charge in [-0.1, -0.05) is 25.0 Å². The predicted molar refractivity (Wildman–Crippen MR) is 112 cm³/mol. The number of nitrogens with one attached hydrogen (secondary N) is 1. The lowest BCUT2D eigenvalue weighted by molar-refractivity contribution is -0.121. The van der Waals surface area contributed by atoms with E-state index in [2.05, 4.69) is 23.2 Å². The Balaban J connectivity index is 0.00000156. The van der Waals surface area contributed by atoms with Gasteiger partial charge in [-0.15, -0.1) is 24.8 Å². The lowest BCUT2D eigenvalue weighted by Gasteiger charge is -2.27. The molecule has 1 saturated carbocycles. The molecule has 1 aliphatic carbocycles. The van der Waals surface area contributed by atoms with Crippen LogP contribution in [0.4, 0.5) is 5.69 Å². The van der Waals surface area contributed by atoms with E-state index in [0.29, 0.717) is 0 Å². The minimum absolute atomic E-state index is 0. The molecule has 7 heteroatoms. The number of amides is 1.